The number of carbonyl (C=O) groups excluding carboxylic acids is 1. The molecular weight excluding hydrogens is 327 g/mol. The lowest BCUT2D eigenvalue weighted by Gasteiger charge is -2.31. The van der Waals surface area contributed by atoms with Gasteiger partial charge in [-0.2, -0.15) is 18.3 Å². The Morgan fingerprint density at radius 3 is 2.79 bits per heavy atom. The number of halogens is 3. The Hall–Kier alpha value is -2.36. The number of carbonyl (C=O) groups is 1. The fraction of sp³-hybridized carbons (Fsp3) is 0.500. The first-order chi connectivity index (χ1) is 11.3. The van der Waals surface area contributed by atoms with Crippen LogP contribution in [0.5, 0.6) is 0 Å². The summed E-state index contributed by atoms with van der Waals surface area (Å²) in [4.78, 5) is 21.1. The van der Waals surface area contributed by atoms with Gasteiger partial charge in [-0.15, -0.1) is 0 Å². The predicted molar refractivity (Wildman–Crippen MR) is 76.1 cm³/mol. The van der Waals surface area contributed by atoms with E-state index in [0.29, 0.717) is 10.5 Å². The van der Waals surface area contributed by atoms with Crippen LogP contribution >= 0.6 is 0 Å². The van der Waals surface area contributed by atoms with Crippen molar-refractivity contribution in [2.45, 2.75) is 19.2 Å². The molecule has 1 saturated heterocycles. The Labute approximate surface area is 135 Å². The maximum absolute atomic E-state index is 12.8. The molecule has 3 heterocycles. The molecule has 2 aromatic rings. The van der Waals surface area contributed by atoms with Crippen molar-refractivity contribution >= 4 is 5.91 Å². The zero-order chi connectivity index (χ0) is 17.5. The van der Waals surface area contributed by atoms with Crippen LogP contribution in [-0.2, 0) is 18.0 Å². The van der Waals surface area contributed by atoms with Gasteiger partial charge in [0.25, 0.3) is 5.91 Å². The molecule has 7 nitrogen and oxygen atoms in total. The average Bonchev–Trinajstić information content (AvgIpc) is 3.12. The molecule has 1 N–H and O–H groups in total. The second kappa shape index (κ2) is 5.93. The van der Waals surface area contributed by atoms with Crippen LogP contribution in [0.3, 0.4) is 0 Å². The summed E-state index contributed by atoms with van der Waals surface area (Å²) < 4.78 is 44.8. The molecule has 0 bridgehead atoms. The van der Waals surface area contributed by atoms with Crippen molar-refractivity contribution in [3.05, 3.63) is 35.2 Å². The molecule has 0 aromatic carbocycles. The molecule has 0 aliphatic carbocycles. The van der Waals surface area contributed by atoms with Crippen LogP contribution in [0.4, 0.5) is 13.2 Å². The molecule has 24 heavy (non-hydrogen) atoms. The van der Waals surface area contributed by atoms with Gasteiger partial charge in [0, 0.05) is 31.5 Å². The number of hydrogen-bond acceptors (Lipinski definition) is 4. The van der Waals surface area contributed by atoms with Crippen LogP contribution in [0.1, 0.15) is 33.8 Å². The number of amides is 1. The van der Waals surface area contributed by atoms with Gasteiger partial charge in [0.15, 0.2) is 5.69 Å². The topological polar surface area (TPSA) is 76.0 Å². The lowest BCUT2D eigenvalue weighted by molar-refractivity contribution is -0.143. The Morgan fingerprint density at radius 1 is 1.46 bits per heavy atom. The van der Waals surface area contributed by atoms with E-state index in [1.165, 1.54) is 4.90 Å². The number of aromatic amines is 1. The van der Waals surface area contributed by atoms with Crippen molar-refractivity contribution in [1.29, 1.82) is 0 Å². The van der Waals surface area contributed by atoms with E-state index in [4.69, 9.17) is 4.74 Å². The van der Waals surface area contributed by atoms with Gasteiger partial charge in [-0.25, -0.2) is 4.98 Å². The van der Waals surface area contributed by atoms with Crippen LogP contribution in [0.2, 0.25) is 0 Å². The fourth-order valence-electron chi connectivity index (χ4n) is 2.59. The number of nitrogens with one attached hydrogen (secondary N) is 1. The third-order valence-corrected chi connectivity index (χ3v) is 3.77. The van der Waals surface area contributed by atoms with Gasteiger partial charge in [-0.1, -0.05) is 0 Å². The summed E-state index contributed by atoms with van der Waals surface area (Å²) in [6, 6.07) is 0.768. The first-order valence-corrected chi connectivity index (χ1v) is 7.29. The number of imidazole rings is 1. The number of H-pyrrole nitrogens is 1. The molecule has 1 amide bonds. The second-order valence-corrected chi connectivity index (χ2v) is 5.60. The van der Waals surface area contributed by atoms with E-state index in [2.05, 4.69) is 15.1 Å². The lowest BCUT2D eigenvalue weighted by atomic mass is 10.2. The zero-order valence-corrected chi connectivity index (χ0v) is 13.1. The quantitative estimate of drug-likeness (QED) is 0.900. The molecule has 0 saturated carbocycles. The van der Waals surface area contributed by atoms with Gasteiger partial charge < -0.3 is 14.6 Å². The molecular formula is C14H16F3N5O2. The van der Waals surface area contributed by atoms with E-state index >= 15 is 0 Å². The highest BCUT2D eigenvalue weighted by molar-refractivity contribution is 5.92. The molecule has 1 unspecified atom stereocenters. The molecule has 0 radical (unpaired) electrons. The first kappa shape index (κ1) is 16.5. The van der Waals surface area contributed by atoms with Crippen LogP contribution in [0.25, 0.3) is 0 Å². The van der Waals surface area contributed by atoms with Crippen LogP contribution in [0, 0.1) is 6.92 Å². The highest BCUT2D eigenvalue weighted by Crippen LogP contribution is 2.30. The Balaban J connectivity index is 1.77. The van der Waals surface area contributed by atoms with Gasteiger partial charge in [0.05, 0.1) is 13.2 Å². The van der Waals surface area contributed by atoms with Gasteiger partial charge in [-0.05, 0) is 6.92 Å². The van der Waals surface area contributed by atoms with Crippen molar-refractivity contribution in [2.75, 3.05) is 19.7 Å². The highest BCUT2D eigenvalue weighted by Gasteiger charge is 2.37. The number of rotatable bonds is 2. The minimum Gasteiger partial charge on any atom is -0.367 e. The maximum atomic E-state index is 12.8. The number of alkyl halides is 3. The maximum Gasteiger partial charge on any atom is 0.433 e. The van der Waals surface area contributed by atoms with Crippen molar-refractivity contribution in [3.8, 4) is 0 Å². The van der Waals surface area contributed by atoms with Crippen molar-refractivity contribution in [1.82, 2.24) is 24.6 Å². The zero-order valence-electron chi connectivity index (χ0n) is 13.1. The summed E-state index contributed by atoms with van der Waals surface area (Å²) in [6.45, 7) is 2.60. The van der Waals surface area contributed by atoms with Crippen LogP contribution in [0.15, 0.2) is 12.3 Å². The van der Waals surface area contributed by atoms with E-state index in [-0.39, 0.29) is 25.4 Å². The van der Waals surface area contributed by atoms with Crippen molar-refractivity contribution in [2.24, 2.45) is 7.05 Å². The van der Waals surface area contributed by atoms with Crippen molar-refractivity contribution < 1.29 is 22.7 Å². The summed E-state index contributed by atoms with van der Waals surface area (Å²) in [5, 5.41) is 3.70. The Kier molecular flexibility index (Phi) is 4.08. The van der Waals surface area contributed by atoms with E-state index < -0.39 is 23.9 Å². The third-order valence-electron chi connectivity index (χ3n) is 3.77. The monoisotopic (exact) mass is 343 g/mol. The fourth-order valence-corrected chi connectivity index (χ4v) is 2.59. The first-order valence-electron chi connectivity index (χ1n) is 7.29. The van der Waals surface area contributed by atoms with Gasteiger partial charge in [-0.3, -0.25) is 9.48 Å². The lowest BCUT2D eigenvalue weighted by Crippen LogP contribution is -2.42. The molecule has 1 aliphatic rings. The molecule has 1 fully saturated rings. The van der Waals surface area contributed by atoms with E-state index in [0.717, 1.165) is 18.8 Å². The number of aromatic nitrogens is 4. The highest BCUT2D eigenvalue weighted by atomic mass is 19.4. The van der Waals surface area contributed by atoms with Crippen LogP contribution in [-0.4, -0.2) is 50.3 Å². The summed E-state index contributed by atoms with van der Waals surface area (Å²) in [5.74, 6) is 0.0275. The summed E-state index contributed by atoms with van der Waals surface area (Å²) in [6.07, 6.45) is -3.35. The predicted octanol–water partition coefficient (Wildman–Crippen LogP) is 1.68. The second-order valence-electron chi connectivity index (χ2n) is 5.60. The van der Waals surface area contributed by atoms with E-state index in [1.807, 2.05) is 6.92 Å². The smallest absolute Gasteiger partial charge is 0.367 e. The summed E-state index contributed by atoms with van der Waals surface area (Å²) in [7, 11) is 1.16. The molecule has 1 aliphatic heterocycles. The molecule has 0 spiro atoms. The molecule has 1 atom stereocenters. The number of hydrogen-bond donors (Lipinski definition) is 1. The summed E-state index contributed by atoms with van der Waals surface area (Å²) >= 11 is 0. The van der Waals surface area contributed by atoms with Gasteiger partial charge in [0.1, 0.15) is 17.6 Å². The number of ether oxygens (including phenoxy) is 1. The molecule has 10 heteroatoms. The molecule has 130 valence electrons. The number of nitrogens with zero attached hydrogens (tertiary/aromatic N) is 4. The van der Waals surface area contributed by atoms with E-state index in [9.17, 15) is 18.0 Å². The minimum atomic E-state index is -4.56. The largest absolute Gasteiger partial charge is 0.433 e. The normalized spacial score (nSPS) is 18.9. The minimum absolute atomic E-state index is 0.198. The number of aryl methyl sites for hydroxylation is 2. The third kappa shape index (κ3) is 3.14. The van der Waals surface area contributed by atoms with E-state index in [1.54, 1.807) is 6.20 Å². The van der Waals surface area contributed by atoms with Gasteiger partial charge >= 0.3 is 6.18 Å². The van der Waals surface area contributed by atoms with Crippen LogP contribution < -0.4 is 0 Å². The Morgan fingerprint density at radius 2 is 2.21 bits per heavy atom. The Bertz CT molecular complexity index is 752. The number of morpholine rings is 1. The molecule has 3 rings (SSSR count). The molecule has 2 aromatic heterocycles. The van der Waals surface area contributed by atoms with Gasteiger partial charge in [0.2, 0.25) is 0 Å². The van der Waals surface area contributed by atoms with Crippen molar-refractivity contribution in [3.63, 3.8) is 0 Å². The standard InChI is InChI=1S/C14H16F3N5O2/c1-8-6-18-12(19-8)10-7-22(3-4-24-10)13(23)9-5-11(14(15,16)17)21(2)20-9/h5-6,10H,3-4,7H2,1-2H3,(H,18,19). The SMILES string of the molecule is Cc1cnc(C2CN(C(=O)c3cc(C(F)(F)F)n(C)n3)CCO2)[nH]1. The summed E-state index contributed by atoms with van der Waals surface area (Å²) in [5.41, 5.74) is -0.338. The average molecular weight is 343 g/mol.